The fourth-order valence-electron chi connectivity index (χ4n) is 2.25. The molecule has 0 bridgehead atoms. The lowest BCUT2D eigenvalue weighted by molar-refractivity contribution is -0.123. The molecule has 0 saturated heterocycles. The van der Waals surface area contributed by atoms with Crippen molar-refractivity contribution < 1.29 is 14.6 Å². The highest BCUT2D eigenvalue weighted by Crippen LogP contribution is 2.33. The monoisotopic (exact) mass is 287 g/mol. The molecule has 0 aliphatic carbocycles. The normalized spacial score (nSPS) is 12.4. The van der Waals surface area contributed by atoms with Gasteiger partial charge in [0.25, 0.3) is 5.91 Å². The summed E-state index contributed by atoms with van der Waals surface area (Å²) in [7, 11) is 0. The van der Waals surface area contributed by atoms with Crippen molar-refractivity contribution in [2.24, 2.45) is 0 Å². The zero-order valence-corrected chi connectivity index (χ0v) is 12.6. The molecule has 0 aromatic heterocycles. The molecule has 1 atom stereocenters. The van der Waals surface area contributed by atoms with Gasteiger partial charge in [0.2, 0.25) is 0 Å². The predicted octanol–water partition coefficient (Wildman–Crippen LogP) is 2.80. The highest BCUT2D eigenvalue weighted by molar-refractivity contribution is 5.90. The molecule has 4 heteroatoms. The number of aliphatic hydroxyl groups excluding tert-OH is 1. The zero-order valence-electron chi connectivity index (χ0n) is 12.6. The molecule has 0 radical (unpaired) electrons. The van der Waals surface area contributed by atoms with Gasteiger partial charge < -0.3 is 15.2 Å². The third-order valence-corrected chi connectivity index (χ3v) is 3.16. The fraction of sp³-hybridized carbons (Fsp3) is 0.353. The second kappa shape index (κ2) is 6.59. The number of hydrogen-bond acceptors (Lipinski definition) is 3. The quantitative estimate of drug-likeness (QED) is 0.889. The summed E-state index contributed by atoms with van der Waals surface area (Å²) in [6.07, 6.45) is -0.655. The average molecular weight is 287 g/mol. The zero-order chi connectivity index (χ0) is 15.4. The number of benzene rings is 2. The average Bonchev–Trinajstić information content (AvgIpc) is 2.43. The van der Waals surface area contributed by atoms with Crippen molar-refractivity contribution in [3.63, 3.8) is 0 Å². The molecule has 21 heavy (non-hydrogen) atoms. The van der Waals surface area contributed by atoms with Crippen molar-refractivity contribution in [1.29, 1.82) is 0 Å². The Kier molecular flexibility index (Phi) is 4.81. The van der Waals surface area contributed by atoms with Crippen LogP contribution in [0, 0.1) is 0 Å². The summed E-state index contributed by atoms with van der Waals surface area (Å²) < 4.78 is 5.70. The molecule has 0 aliphatic rings. The molecule has 1 amide bonds. The highest BCUT2D eigenvalue weighted by Gasteiger charge is 2.14. The van der Waals surface area contributed by atoms with Crippen LogP contribution in [0.5, 0.6) is 5.75 Å². The number of rotatable bonds is 5. The van der Waals surface area contributed by atoms with Crippen LogP contribution in [-0.2, 0) is 4.79 Å². The fourth-order valence-corrected chi connectivity index (χ4v) is 2.25. The van der Waals surface area contributed by atoms with Gasteiger partial charge in [0.1, 0.15) is 5.75 Å². The van der Waals surface area contributed by atoms with Gasteiger partial charge in [-0.1, -0.05) is 36.4 Å². The Morgan fingerprint density at radius 2 is 1.90 bits per heavy atom. The molecule has 1 unspecified atom stereocenters. The standard InChI is InChI=1S/C17H21NO3/c1-11(2)18-16(20)10-21-17-14(12(3)19)9-8-13-6-4-5-7-15(13)17/h4-9,11-12,19H,10H2,1-3H3,(H,18,20). The SMILES string of the molecule is CC(C)NC(=O)COc1c(C(C)O)ccc2ccccc12. The van der Waals surface area contributed by atoms with Crippen LogP contribution in [-0.4, -0.2) is 23.7 Å². The number of amides is 1. The van der Waals surface area contributed by atoms with Crippen LogP contribution in [0.25, 0.3) is 10.8 Å². The highest BCUT2D eigenvalue weighted by atomic mass is 16.5. The van der Waals surface area contributed by atoms with Crippen molar-refractivity contribution in [1.82, 2.24) is 5.32 Å². The molecular weight excluding hydrogens is 266 g/mol. The van der Waals surface area contributed by atoms with Crippen molar-refractivity contribution in [3.05, 3.63) is 42.0 Å². The molecule has 2 rings (SSSR count). The van der Waals surface area contributed by atoms with E-state index in [-0.39, 0.29) is 18.6 Å². The van der Waals surface area contributed by atoms with E-state index >= 15 is 0 Å². The first kappa shape index (κ1) is 15.3. The minimum absolute atomic E-state index is 0.0636. The van der Waals surface area contributed by atoms with Crippen LogP contribution in [0.1, 0.15) is 32.4 Å². The van der Waals surface area contributed by atoms with E-state index in [1.807, 2.05) is 50.2 Å². The lowest BCUT2D eigenvalue weighted by atomic mass is 10.0. The first-order chi connectivity index (χ1) is 9.99. The third kappa shape index (κ3) is 3.73. The van der Waals surface area contributed by atoms with E-state index in [1.165, 1.54) is 0 Å². The van der Waals surface area contributed by atoms with E-state index in [1.54, 1.807) is 6.92 Å². The molecule has 2 aromatic carbocycles. The molecule has 0 aliphatic heterocycles. The van der Waals surface area contributed by atoms with Gasteiger partial charge in [0.05, 0.1) is 6.10 Å². The van der Waals surface area contributed by atoms with E-state index < -0.39 is 6.10 Å². The minimum atomic E-state index is -0.655. The Balaban J connectivity index is 2.31. The Hall–Kier alpha value is -2.07. The maximum Gasteiger partial charge on any atom is 0.258 e. The molecule has 0 heterocycles. The van der Waals surface area contributed by atoms with Gasteiger partial charge in [-0.3, -0.25) is 4.79 Å². The Bertz CT molecular complexity index is 635. The maximum absolute atomic E-state index is 11.7. The predicted molar refractivity (Wildman–Crippen MR) is 83.4 cm³/mol. The molecule has 0 fully saturated rings. The number of ether oxygens (including phenoxy) is 1. The lowest BCUT2D eigenvalue weighted by Gasteiger charge is -2.16. The first-order valence-corrected chi connectivity index (χ1v) is 7.11. The van der Waals surface area contributed by atoms with Crippen LogP contribution in [0.4, 0.5) is 0 Å². The largest absolute Gasteiger partial charge is 0.483 e. The molecule has 0 spiro atoms. The van der Waals surface area contributed by atoms with Crippen molar-refractivity contribution in [3.8, 4) is 5.75 Å². The number of fused-ring (bicyclic) bond motifs is 1. The van der Waals surface area contributed by atoms with E-state index in [4.69, 9.17) is 4.74 Å². The molecular formula is C17H21NO3. The Morgan fingerprint density at radius 1 is 1.19 bits per heavy atom. The summed E-state index contributed by atoms with van der Waals surface area (Å²) in [6.45, 7) is 5.42. The summed E-state index contributed by atoms with van der Waals surface area (Å²) in [6, 6.07) is 11.6. The minimum Gasteiger partial charge on any atom is -0.483 e. The van der Waals surface area contributed by atoms with Crippen molar-refractivity contribution in [2.75, 3.05) is 6.61 Å². The summed E-state index contributed by atoms with van der Waals surface area (Å²) in [4.78, 5) is 11.7. The molecule has 4 nitrogen and oxygen atoms in total. The second-order valence-corrected chi connectivity index (χ2v) is 5.39. The van der Waals surface area contributed by atoms with Gasteiger partial charge in [0, 0.05) is 17.0 Å². The number of nitrogens with one attached hydrogen (secondary N) is 1. The second-order valence-electron chi connectivity index (χ2n) is 5.39. The summed E-state index contributed by atoms with van der Waals surface area (Å²) in [5.41, 5.74) is 0.686. The molecule has 0 saturated carbocycles. The van der Waals surface area contributed by atoms with Gasteiger partial charge in [-0.25, -0.2) is 0 Å². The maximum atomic E-state index is 11.7. The van der Waals surface area contributed by atoms with Crippen molar-refractivity contribution in [2.45, 2.75) is 32.9 Å². The van der Waals surface area contributed by atoms with E-state index in [2.05, 4.69) is 5.32 Å². The van der Waals surface area contributed by atoms with Crippen LogP contribution < -0.4 is 10.1 Å². The molecule has 2 aromatic rings. The van der Waals surface area contributed by atoms with Gasteiger partial charge in [0.15, 0.2) is 6.61 Å². The van der Waals surface area contributed by atoms with Gasteiger partial charge in [-0.2, -0.15) is 0 Å². The van der Waals surface area contributed by atoms with Gasteiger partial charge >= 0.3 is 0 Å². The van der Waals surface area contributed by atoms with E-state index in [9.17, 15) is 9.90 Å². The number of hydrogen-bond donors (Lipinski definition) is 2. The van der Waals surface area contributed by atoms with Gasteiger partial charge in [-0.15, -0.1) is 0 Å². The van der Waals surface area contributed by atoms with Crippen LogP contribution >= 0.6 is 0 Å². The number of aliphatic hydroxyl groups is 1. The third-order valence-electron chi connectivity index (χ3n) is 3.16. The van der Waals surface area contributed by atoms with Crippen LogP contribution in [0.2, 0.25) is 0 Å². The Labute approximate surface area is 124 Å². The Morgan fingerprint density at radius 3 is 2.57 bits per heavy atom. The van der Waals surface area contributed by atoms with E-state index in [0.29, 0.717) is 11.3 Å². The summed E-state index contributed by atoms with van der Waals surface area (Å²) in [5, 5.41) is 14.6. The molecule has 112 valence electrons. The summed E-state index contributed by atoms with van der Waals surface area (Å²) >= 11 is 0. The number of carbonyl (C=O) groups is 1. The first-order valence-electron chi connectivity index (χ1n) is 7.11. The van der Waals surface area contributed by atoms with E-state index in [0.717, 1.165) is 10.8 Å². The topological polar surface area (TPSA) is 58.6 Å². The smallest absolute Gasteiger partial charge is 0.258 e. The summed E-state index contributed by atoms with van der Waals surface area (Å²) in [5.74, 6) is 0.400. The molecule has 2 N–H and O–H groups in total. The van der Waals surface area contributed by atoms with Gasteiger partial charge in [-0.05, 0) is 26.2 Å². The van der Waals surface area contributed by atoms with Crippen LogP contribution in [0.15, 0.2) is 36.4 Å². The van der Waals surface area contributed by atoms with Crippen LogP contribution in [0.3, 0.4) is 0 Å². The number of carbonyl (C=O) groups excluding carboxylic acids is 1. The lowest BCUT2D eigenvalue weighted by Crippen LogP contribution is -2.34. The van der Waals surface area contributed by atoms with Crippen molar-refractivity contribution >= 4 is 16.7 Å².